The van der Waals surface area contributed by atoms with E-state index in [0.717, 1.165) is 5.56 Å². The van der Waals surface area contributed by atoms with Crippen molar-refractivity contribution in [3.05, 3.63) is 35.9 Å². The van der Waals surface area contributed by atoms with Gasteiger partial charge in [-0.15, -0.1) is 0 Å². The van der Waals surface area contributed by atoms with Crippen LogP contribution in [0, 0.1) is 11.8 Å². The highest BCUT2D eigenvalue weighted by atomic mass is 16.6. The van der Waals surface area contributed by atoms with E-state index in [0.29, 0.717) is 13.1 Å². The fraction of sp³-hybridized carbons (Fsp3) is 0.556. The third-order valence-electron chi connectivity index (χ3n) is 3.79. The number of rotatable bonds is 3. The number of ether oxygens (including phenoxy) is 2. The summed E-state index contributed by atoms with van der Waals surface area (Å²) in [6.07, 6.45) is -0.372. The third-order valence-corrected chi connectivity index (χ3v) is 3.79. The summed E-state index contributed by atoms with van der Waals surface area (Å²) in [4.78, 5) is 26.0. The molecule has 1 fully saturated rings. The van der Waals surface area contributed by atoms with E-state index in [2.05, 4.69) is 0 Å². The molecular formula is C18H25NO4. The van der Waals surface area contributed by atoms with Crippen LogP contribution in [0.25, 0.3) is 0 Å². The number of amides is 1. The maximum absolute atomic E-state index is 12.3. The lowest BCUT2D eigenvalue weighted by atomic mass is 9.99. The van der Waals surface area contributed by atoms with Crippen LogP contribution in [0.15, 0.2) is 30.3 Å². The van der Waals surface area contributed by atoms with Crippen LogP contribution >= 0.6 is 0 Å². The lowest BCUT2D eigenvalue weighted by Crippen LogP contribution is -2.36. The Morgan fingerprint density at radius 3 is 2.43 bits per heavy atom. The molecule has 0 N–H and O–H groups in total. The molecule has 0 spiro atoms. The van der Waals surface area contributed by atoms with Gasteiger partial charge in [0.1, 0.15) is 12.2 Å². The van der Waals surface area contributed by atoms with Crippen molar-refractivity contribution in [3.63, 3.8) is 0 Å². The third kappa shape index (κ3) is 4.98. The van der Waals surface area contributed by atoms with Crippen LogP contribution in [-0.4, -0.2) is 35.7 Å². The molecular weight excluding hydrogens is 294 g/mol. The second-order valence-electron chi connectivity index (χ2n) is 7.06. The van der Waals surface area contributed by atoms with Gasteiger partial charge in [0.25, 0.3) is 0 Å². The van der Waals surface area contributed by atoms with Crippen LogP contribution in [0.2, 0.25) is 0 Å². The summed E-state index contributed by atoms with van der Waals surface area (Å²) in [7, 11) is 0. The molecule has 0 aromatic heterocycles. The quantitative estimate of drug-likeness (QED) is 0.803. The van der Waals surface area contributed by atoms with Crippen molar-refractivity contribution < 1.29 is 19.1 Å². The molecule has 126 valence electrons. The monoisotopic (exact) mass is 319 g/mol. The molecule has 1 aromatic rings. The Morgan fingerprint density at radius 2 is 1.83 bits per heavy atom. The van der Waals surface area contributed by atoms with E-state index in [-0.39, 0.29) is 30.5 Å². The van der Waals surface area contributed by atoms with Gasteiger partial charge in [0, 0.05) is 13.1 Å². The molecule has 2 atom stereocenters. The van der Waals surface area contributed by atoms with Gasteiger partial charge in [0.05, 0.1) is 5.92 Å². The van der Waals surface area contributed by atoms with E-state index in [9.17, 15) is 9.59 Å². The summed E-state index contributed by atoms with van der Waals surface area (Å²) < 4.78 is 10.8. The average molecular weight is 319 g/mol. The molecule has 0 radical (unpaired) electrons. The molecule has 2 rings (SSSR count). The number of carbonyl (C=O) groups excluding carboxylic acids is 2. The molecule has 0 saturated carbocycles. The molecule has 1 aromatic carbocycles. The van der Waals surface area contributed by atoms with Gasteiger partial charge in [0.2, 0.25) is 0 Å². The van der Waals surface area contributed by atoms with Gasteiger partial charge in [-0.2, -0.15) is 0 Å². The molecule has 1 aliphatic heterocycles. The predicted octanol–water partition coefficient (Wildman–Crippen LogP) is 3.23. The fourth-order valence-electron chi connectivity index (χ4n) is 2.58. The van der Waals surface area contributed by atoms with Gasteiger partial charge in [0.15, 0.2) is 0 Å². The van der Waals surface area contributed by atoms with Gasteiger partial charge in [-0.1, -0.05) is 37.3 Å². The Hall–Kier alpha value is -2.04. The van der Waals surface area contributed by atoms with Crippen molar-refractivity contribution in [3.8, 4) is 0 Å². The molecule has 1 heterocycles. The lowest BCUT2D eigenvalue weighted by Gasteiger charge is -2.24. The highest BCUT2D eigenvalue weighted by Crippen LogP contribution is 2.26. The van der Waals surface area contributed by atoms with E-state index in [1.165, 1.54) is 0 Å². The normalized spacial score (nSPS) is 21.1. The molecule has 0 bridgehead atoms. The number of likely N-dealkylation sites (tertiary alicyclic amines) is 1. The Kier molecular flexibility index (Phi) is 5.29. The van der Waals surface area contributed by atoms with Gasteiger partial charge >= 0.3 is 12.1 Å². The van der Waals surface area contributed by atoms with Crippen molar-refractivity contribution in [2.24, 2.45) is 11.8 Å². The topological polar surface area (TPSA) is 55.8 Å². The smallest absolute Gasteiger partial charge is 0.410 e. The summed E-state index contributed by atoms with van der Waals surface area (Å²) in [5.41, 5.74) is 0.419. The highest BCUT2D eigenvalue weighted by molar-refractivity contribution is 5.76. The Balaban J connectivity index is 1.88. The predicted molar refractivity (Wildman–Crippen MR) is 86.7 cm³/mol. The summed E-state index contributed by atoms with van der Waals surface area (Å²) in [5.74, 6) is -0.496. The minimum atomic E-state index is -0.535. The van der Waals surface area contributed by atoms with Crippen molar-refractivity contribution in [1.29, 1.82) is 0 Å². The van der Waals surface area contributed by atoms with Gasteiger partial charge in [-0.05, 0) is 32.3 Å². The lowest BCUT2D eigenvalue weighted by molar-refractivity contribution is -0.150. The summed E-state index contributed by atoms with van der Waals surface area (Å²) in [6, 6.07) is 9.57. The fourth-order valence-corrected chi connectivity index (χ4v) is 2.58. The first-order chi connectivity index (χ1) is 10.8. The summed E-state index contributed by atoms with van der Waals surface area (Å²) in [5, 5.41) is 0. The first-order valence-electron chi connectivity index (χ1n) is 7.95. The molecule has 0 aliphatic carbocycles. The van der Waals surface area contributed by atoms with Gasteiger partial charge in [-0.25, -0.2) is 4.79 Å². The van der Waals surface area contributed by atoms with Crippen LogP contribution in [0.3, 0.4) is 0 Å². The first kappa shape index (κ1) is 17.3. The minimum absolute atomic E-state index is 0.0609. The van der Waals surface area contributed by atoms with E-state index < -0.39 is 5.60 Å². The number of nitrogens with zero attached hydrogens (tertiary/aromatic N) is 1. The van der Waals surface area contributed by atoms with E-state index in [4.69, 9.17) is 9.47 Å². The molecule has 1 amide bonds. The summed E-state index contributed by atoms with van der Waals surface area (Å²) >= 11 is 0. The van der Waals surface area contributed by atoms with Crippen molar-refractivity contribution in [2.75, 3.05) is 13.1 Å². The maximum atomic E-state index is 12.3. The van der Waals surface area contributed by atoms with Crippen molar-refractivity contribution in [2.45, 2.75) is 39.9 Å². The molecule has 23 heavy (non-hydrogen) atoms. The second kappa shape index (κ2) is 7.02. The van der Waals surface area contributed by atoms with Gasteiger partial charge < -0.3 is 14.4 Å². The molecule has 2 unspecified atom stereocenters. The zero-order valence-electron chi connectivity index (χ0n) is 14.2. The van der Waals surface area contributed by atoms with Crippen LogP contribution in [0.4, 0.5) is 4.79 Å². The molecule has 5 nitrogen and oxygen atoms in total. The van der Waals surface area contributed by atoms with E-state index in [1.54, 1.807) is 4.90 Å². The molecule has 1 saturated heterocycles. The first-order valence-corrected chi connectivity index (χ1v) is 7.95. The molecule has 5 heteroatoms. The van der Waals surface area contributed by atoms with Crippen LogP contribution in [0.1, 0.15) is 33.3 Å². The average Bonchev–Trinajstić information content (AvgIpc) is 2.86. The van der Waals surface area contributed by atoms with Crippen molar-refractivity contribution >= 4 is 12.1 Å². The van der Waals surface area contributed by atoms with Crippen LogP contribution < -0.4 is 0 Å². The number of carbonyl (C=O) groups is 2. The zero-order chi connectivity index (χ0) is 17.0. The highest BCUT2D eigenvalue weighted by Gasteiger charge is 2.39. The zero-order valence-corrected chi connectivity index (χ0v) is 14.2. The van der Waals surface area contributed by atoms with Crippen LogP contribution in [0.5, 0.6) is 0 Å². The van der Waals surface area contributed by atoms with Crippen molar-refractivity contribution in [1.82, 2.24) is 4.90 Å². The second-order valence-corrected chi connectivity index (χ2v) is 7.06. The minimum Gasteiger partial charge on any atom is -0.461 e. The molecule has 1 aliphatic rings. The number of benzene rings is 1. The number of hydrogen-bond acceptors (Lipinski definition) is 4. The number of hydrogen-bond donors (Lipinski definition) is 0. The Morgan fingerprint density at radius 1 is 1.17 bits per heavy atom. The maximum Gasteiger partial charge on any atom is 0.410 e. The SMILES string of the molecule is CC1CN(C(=O)OC(C)(C)C)CC1C(=O)OCc1ccccc1. The summed E-state index contributed by atoms with van der Waals surface area (Å²) in [6.45, 7) is 8.57. The number of esters is 1. The van der Waals surface area contributed by atoms with E-state index in [1.807, 2.05) is 58.0 Å². The standard InChI is InChI=1S/C18H25NO4/c1-13-10-19(17(21)23-18(2,3)4)11-15(13)16(20)22-12-14-8-6-5-7-9-14/h5-9,13,15H,10-12H2,1-4H3. The largest absolute Gasteiger partial charge is 0.461 e. The van der Waals surface area contributed by atoms with E-state index >= 15 is 0 Å². The van der Waals surface area contributed by atoms with Gasteiger partial charge in [-0.3, -0.25) is 4.79 Å². The Labute approximate surface area is 137 Å². The Bertz CT molecular complexity index is 550. The van der Waals surface area contributed by atoms with Crippen LogP contribution in [-0.2, 0) is 20.9 Å².